The van der Waals surface area contributed by atoms with E-state index in [4.69, 9.17) is 4.52 Å². The van der Waals surface area contributed by atoms with Crippen LogP contribution in [0.5, 0.6) is 0 Å². The molecule has 122 valence electrons. The minimum Gasteiger partial charge on any atom is -0.368 e. The van der Waals surface area contributed by atoms with E-state index in [-0.39, 0.29) is 12.3 Å². The number of aromatic amines is 1. The predicted molar refractivity (Wildman–Crippen MR) is 89.5 cm³/mol. The first-order valence-electron chi connectivity index (χ1n) is 8.13. The maximum absolute atomic E-state index is 12.6. The van der Waals surface area contributed by atoms with Crippen LogP contribution in [0.1, 0.15) is 5.69 Å². The largest absolute Gasteiger partial charge is 0.368 e. The lowest BCUT2D eigenvalue weighted by Crippen LogP contribution is -2.49. The number of piperazine rings is 1. The van der Waals surface area contributed by atoms with Crippen molar-refractivity contribution in [2.45, 2.75) is 6.42 Å². The second-order valence-corrected chi connectivity index (χ2v) is 5.93. The van der Waals surface area contributed by atoms with E-state index in [1.807, 2.05) is 41.6 Å². The van der Waals surface area contributed by atoms with Crippen molar-refractivity contribution in [3.63, 3.8) is 0 Å². The third-order valence-electron chi connectivity index (χ3n) is 4.47. The Labute approximate surface area is 139 Å². The maximum Gasteiger partial charge on any atom is 0.228 e. The van der Waals surface area contributed by atoms with Crippen LogP contribution in [-0.4, -0.2) is 42.1 Å². The third kappa shape index (κ3) is 2.82. The summed E-state index contributed by atoms with van der Waals surface area (Å²) in [4.78, 5) is 19.8. The monoisotopic (exact) mass is 323 g/mol. The van der Waals surface area contributed by atoms with Crippen molar-refractivity contribution in [2.24, 2.45) is 0 Å². The van der Waals surface area contributed by atoms with Crippen LogP contribution in [-0.2, 0) is 11.2 Å². The number of carbonyl (C=O) groups excluding carboxylic acids is 1. The van der Waals surface area contributed by atoms with E-state index in [1.54, 1.807) is 0 Å². The van der Waals surface area contributed by atoms with Gasteiger partial charge in [0.15, 0.2) is 18.0 Å². The summed E-state index contributed by atoms with van der Waals surface area (Å²) < 4.78 is 5.28. The molecule has 6 nitrogen and oxygen atoms in total. The molecule has 1 N–H and O–H groups in total. The molecule has 4 rings (SSSR count). The first-order valence-corrected chi connectivity index (χ1v) is 8.13. The number of pyridine rings is 1. The normalized spacial score (nSPS) is 15.0. The lowest BCUT2D eigenvalue weighted by Gasteiger charge is -2.35. The number of benzene rings is 1. The average Bonchev–Trinajstić information content (AvgIpc) is 3.06. The van der Waals surface area contributed by atoms with Gasteiger partial charge in [-0.3, -0.25) is 4.79 Å². The van der Waals surface area contributed by atoms with E-state index >= 15 is 0 Å². The highest BCUT2D eigenvalue weighted by atomic mass is 16.5. The van der Waals surface area contributed by atoms with Gasteiger partial charge in [-0.2, -0.15) is 0 Å². The van der Waals surface area contributed by atoms with Gasteiger partial charge in [-0.05, 0) is 12.1 Å². The first-order chi connectivity index (χ1) is 11.8. The molecule has 0 radical (unpaired) electrons. The fourth-order valence-electron chi connectivity index (χ4n) is 3.12. The van der Waals surface area contributed by atoms with Crippen molar-refractivity contribution in [1.29, 1.82) is 0 Å². The number of aromatic nitrogens is 2. The van der Waals surface area contributed by atoms with Gasteiger partial charge in [0.25, 0.3) is 0 Å². The number of para-hydroxylation sites is 1. The van der Waals surface area contributed by atoms with Gasteiger partial charge in [0, 0.05) is 49.4 Å². The van der Waals surface area contributed by atoms with Gasteiger partial charge in [-0.25, -0.2) is 4.98 Å². The van der Waals surface area contributed by atoms with Gasteiger partial charge in [-0.1, -0.05) is 17.3 Å². The molecular weight excluding hydrogens is 304 g/mol. The van der Waals surface area contributed by atoms with Crippen LogP contribution < -0.4 is 9.88 Å². The van der Waals surface area contributed by atoms with Gasteiger partial charge in [0.1, 0.15) is 5.69 Å². The molecule has 2 aromatic heterocycles. The Kier molecular flexibility index (Phi) is 3.86. The molecule has 0 spiro atoms. The Hall–Kier alpha value is -2.89. The standard InChI is InChI=1S/C18H18N4O2/c23-18(13-16-15-3-1-2-4-17(15)24-20-16)22-11-9-21(10-12-22)14-5-7-19-8-6-14/h1-8H,9-13H2/p+1. The molecule has 1 saturated heterocycles. The van der Waals surface area contributed by atoms with Crippen LogP contribution in [0.25, 0.3) is 11.0 Å². The Morgan fingerprint density at radius 2 is 1.83 bits per heavy atom. The number of nitrogens with one attached hydrogen (secondary N) is 1. The molecule has 24 heavy (non-hydrogen) atoms. The summed E-state index contributed by atoms with van der Waals surface area (Å²) in [7, 11) is 0. The molecular formula is C18H19N4O2+. The zero-order valence-corrected chi connectivity index (χ0v) is 13.3. The lowest BCUT2D eigenvalue weighted by atomic mass is 10.1. The smallest absolute Gasteiger partial charge is 0.228 e. The second kappa shape index (κ2) is 6.31. The van der Waals surface area contributed by atoms with Gasteiger partial charge in [0.2, 0.25) is 5.91 Å². The first kappa shape index (κ1) is 14.7. The van der Waals surface area contributed by atoms with Gasteiger partial charge in [0.05, 0.1) is 6.42 Å². The third-order valence-corrected chi connectivity index (χ3v) is 4.47. The van der Waals surface area contributed by atoms with Crippen LogP contribution in [0.15, 0.2) is 53.3 Å². The number of fused-ring (bicyclic) bond motifs is 1. The molecule has 3 heterocycles. The Morgan fingerprint density at radius 1 is 1.08 bits per heavy atom. The van der Waals surface area contributed by atoms with Crippen molar-refractivity contribution < 1.29 is 14.3 Å². The molecule has 1 fully saturated rings. The van der Waals surface area contributed by atoms with Crippen LogP contribution in [0.2, 0.25) is 0 Å². The summed E-state index contributed by atoms with van der Waals surface area (Å²) >= 11 is 0. The van der Waals surface area contributed by atoms with Crippen LogP contribution in [0.3, 0.4) is 0 Å². The van der Waals surface area contributed by atoms with Crippen molar-refractivity contribution in [3.05, 3.63) is 54.5 Å². The van der Waals surface area contributed by atoms with Crippen LogP contribution >= 0.6 is 0 Å². The zero-order chi connectivity index (χ0) is 16.4. The number of H-pyrrole nitrogens is 1. The highest BCUT2D eigenvalue weighted by Gasteiger charge is 2.23. The number of anilines is 1. The molecule has 0 saturated carbocycles. The van der Waals surface area contributed by atoms with Crippen molar-refractivity contribution in [2.75, 3.05) is 31.1 Å². The minimum atomic E-state index is 0.107. The summed E-state index contributed by atoms with van der Waals surface area (Å²) in [6.45, 7) is 3.14. The maximum atomic E-state index is 12.6. The molecule has 1 aromatic carbocycles. The molecule has 3 aromatic rings. The number of amides is 1. The van der Waals surface area contributed by atoms with E-state index in [1.165, 1.54) is 5.69 Å². The number of rotatable bonds is 3. The Balaban J connectivity index is 1.40. The Bertz CT molecular complexity index is 838. The van der Waals surface area contributed by atoms with E-state index in [9.17, 15) is 4.79 Å². The number of hydrogen-bond donors (Lipinski definition) is 0. The number of carbonyl (C=O) groups is 1. The molecule has 1 aliphatic heterocycles. The molecule has 0 bridgehead atoms. The average molecular weight is 323 g/mol. The zero-order valence-electron chi connectivity index (χ0n) is 13.3. The molecule has 1 aliphatic rings. The van der Waals surface area contributed by atoms with Gasteiger partial charge >= 0.3 is 0 Å². The second-order valence-electron chi connectivity index (χ2n) is 5.93. The predicted octanol–water partition coefficient (Wildman–Crippen LogP) is 1.53. The summed E-state index contributed by atoms with van der Waals surface area (Å²) in [6.07, 6.45) is 4.13. The van der Waals surface area contributed by atoms with Gasteiger partial charge in [-0.15, -0.1) is 0 Å². The molecule has 0 atom stereocenters. The topological polar surface area (TPSA) is 63.7 Å². The van der Waals surface area contributed by atoms with Crippen LogP contribution in [0, 0.1) is 0 Å². The number of hydrogen-bond acceptors (Lipinski definition) is 4. The van der Waals surface area contributed by atoms with Crippen LogP contribution in [0.4, 0.5) is 5.69 Å². The van der Waals surface area contributed by atoms with Crippen molar-refractivity contribution in [1.82, 2.24) is 10.1 Å². The summed E-state index contributed by atoms with van der Waals surface area (Å²) in [6, 6.07) is 11.8. The molecule has 6 heteroatoms. The Morgan fingerprint density at radius 3 is 2.62 bits per heavy atom. The van der Waals surface area contributed by atoms with Crippen molar-refractivity contribution in [3.8, 4) is 0 Å². The fourth-order valence-corrected chi connectivity index (χ4v) is 3.12. The highest BCUT2D eigenvalue weighted by molar-refractivity contribution is 5.86. The molecule has 0 unspecified atom stereocenters. The van der Waals surface area contributed by atoms with E-state index in [0.717, 1.165) is 42.8 Å². The van der Waals surface area contributed by atoms with E-state index in [2.05, 4.69) is 27.2 Å². The SMILES string of the molecule is O=C(Cc1noc2ccccc12)N1CCN(c2cc[nH+]cc2)CC1. The molecule has 1 amide bonds. The fraction of sp³-hybridized carbons (Fsp3) is 0.278. The highest BCUT2D eigenvalue weighted by Crippen LogP contribution is 2.19. The summed E-state index contributed by atoms with van der Waals surface area (Å²) in [5.74, 6) is 0.107. The number of nitrogens with zero attached hydrogens (tertiary/aromatic N) is 3. The van der Waals surface area contributed by atoms with E-state index in [0.29, 0.717) is 0 Å². The summed E-state index contributed by atoms with van der Waals surface area (Å²) in [5, 5.41) is 4.98. The summed E-state index contributed by atoms with van der Waals surface area (Å²) in [5.41, 5.74) is 2.63. The molecule has 0 aliphatic carbocycles. The minimum absolute atomic E-state index is 0.107. The van der Waals surface area contributed by atoms with E-state index < -0.39 is 0 Å². The lowest BCUT2D eigenvalue weighted by molar-refractivity contribution is -0.377. The van der Waals surface area contributed by atoms with Gasteiger partial charge < -0.3 is 14.3 Å². The van der Waals surface area contributed by atoms with Crippen molar-refractivity contribution >= 4 is 22.6 Å². The quantitative estimate of drug-likeness (QED) is 0.733.